The molecule has 0 N–H and O–H groups in total. The van der Waals surface area contributed by atoms with E-state index in [4.69, 9.17) is 4.74 Å². The highest BCUT2D eigenvalue weighted by molar-refractivity contribution is 9.08. The van der Waals surface area contributed by atoms with Gasteiger partial charge >= 0.3 is 5.97 Å². The van der Waals surface area contributed by atoms with Crippen molar-refractivity contribution in [2.45, 2.75) is 89.3 Å². The summed E-state index contributed by atoms with van der Waals surface area (Å²) >= 11 is 3.52. The van der Waals surface area contributed by atoms with Gasteiger partial charge in [-0.25, -0.2) is 4.79 Å². The van der Waals surface area contributed by atoms with Crippen LogP contribution in [0.25, 0.3) is 10.8 Å². The maximum atomic E-state index is 12.5. The third-order valence-corrected chi connectivity index (χ3v) is 6.21. The third-order valence-electron chi connectivity index (χ3n) is 5.61. The van der Waals surface area contributed by atoms with Gasteiger partial charge in [0.1, 0.15) is 0 Å². The molecule has 0 bridgehead atoms. The summed E-state index contributed by atoms with van der Waals surface area (Å²) in [7, 11) is 0. The summed E-state index contributed by atoms with van der Waals surface area (Å²) in [6.45, 7) is 2.79. The van der Waals surface area contributed by atoms with E-state index in [-0.39, 0.29) is 5.97 Å². The zero-order chi connectivity index (χ0) is 20.7. The zero-order valence-corrected chi connectivity index (χ0v) is 19.6. The summed E-state index contributed by atoms with van der Waals surface area (Å²) in [6.07, 6.45) is 15.7. The molecular weight excluding hydrogens is 424 g/mol. The van der Waals surface area contributed by atoms with Crippen LogP contribution in [0.1, 0.15) is 99.9 Å². The van der Waals surface area contributed by atoms with Crippen LogP contribution in [0.4, 0.5) is 0 Å². The van der Waals surface area contributed by atoms with Gasteiger partial charge < -0.3 is 4.74 Å². The molecule has 3 heteroatoms. The number of hydrogen-bond acceptors (Lipinski definition) is 2. The summed E-state index contributed by atoms with van der Waals surface area (Å²) < 4.78 is 5.55. The summed E-state index contributed by atoms with van der Waals surface area (Å²) in [5.41, 5.74) is 1.86. The van der Waals surface area contributed by atoms with E-state index in [0.717, 1.165) is 28.9 Å². The van der Waals surface area contributed by atoms with Crippen molar-refractivity contribution in [1.29, 1.82) is 0 Å². The number of halogens is 1. The van der Waals surface area contributed by atoms with Gasteiger partial charge in [-0.1, -0.05) is 124 Å². The van der Waals surface area contributed by atoms with Crippen LogP contribution in [-0.4, -0.2) is 12.6 Å². The number of esters is 1. The first-order chi connectivity index (χ1) is 14.3. The second-order valence-corrected chi connectivity index (χ2v) is 8.54. The molecule has 2 nitrogen and oxygen atoms in total. The number of unbranched alkanes of at least 4 members (excludes halogenated alkanes) is 11. The van der Waals surface area contributed by atoms with Gasteiger partial charge in [0.2, 0.25) is 0 Å². The lowest BCUT2D eigenvalue weighted by atomic mass is 10.0. The van der Waals surface area contributed by atoms with E-state index in [1.807, 2.05) is 30.3 Å². The molecule has 0 atom stereocenters. The van der Waals surface area contributed by atoms with Gasteiger partial charge in [-0.05, 0) is 28.8 Å². The predicted octanol–water partition coefficient (Wildman–Crippen LogP) is 8.59. The highest BCUT2D eigenvalue weighted by Gasteiger charge is 2.13. The van der Waals surface area contributed by atoms with Gasteiger partial charge in [-0.2, -0.15) is 0 Å². The minimum atomic E-state index is -0.203. The molecule has 0 aromatic heterocycles. The lowest BCUT2D eigenvalue weighted by Crippen LogP contribution is -2.07. The van der Waals surface area contributed by atoms with Gasteiger partial charge in [-0.3, -0.25) is 0 Å². The molecule has 0 radical (unpaired) electrons. The van der Waals surface area contributed by atoms with Crippen LogP contribution in [0.3, 0.4) is 0 Å². The topological polar surface area (TPSA) is 26.3 Å². The van der Waals surface area contributed by atoms with Crippen molar-refractivity contribution in [2.24, 2.45) is 0 Å². The van der Waals surface area contributed by atoms with Crippen molar-refractivity contribution in [3.63, 3.8) is 0 Å². The molecule has 2 aromatic carbocycles. The summed E-state index contributed by atoms with van der Waals surface area (Å²) in [4.78, 5) is 12.5. The van der Waals surface area contributed by atoms with Gasteiger partial charge in [-0.15, -0.1) is 0 Å². The molecule has 0 aliphatic heterocycles. The van der Waals surface area contributed by atoms with Crippen LogP contribution in [0.15, 0.2) is 36.4 Å². The lowest BCUT2D eigenvalue weighted by Gasteiger charge is -2.10. The molecule has 160 valence electrons. The van der Waals surface area contributed by atoms with Crippen molar-refractivity contribution in [2.75, 3.05) is 6.61 Å². The molecule has 0 aliphatic carbocycles. The fourth-order valence-corrected chi connectivity index (χ4v) is 4.33. The molecule has 0 spiro atoms. The van der Waals surface area contributed by atoms with Crippen LogP contribution in [0.5, 0.6) is 0 Å². The first-order valence-corrected chi connectivity index (χ1v) is 12.6. The van der Waals surface area contributed by atoms with E-state index < -0.39 is 0 Å². The lowest BCUT2D eigenvalue weighted by molar-refractivity contribution is 0.0500. The van der Waals surface area contributed by atoms with Crippen LogP contribution in [0, 0.1) is 0 Å². The molecule has 0 heterocycles. The molecule has 0 fully saturated rings. The Morgan fingerprint density at radius 1 is 0.759 bits per heavy atom. The number of ether oxygens (including phenoxy) is 1. The molecule has 0 saturated heterocycles. The molecule has 0 amide bonds. The summed E-state index contributed by atoms with van der Waals surface area (Å²) in [6, 6.07) is 12.0. The standard InChI is InChI=1S/C26H37BrO2/c1-2-3-4-5-6-7-8-9-10-11-12-15-20-29-26(28)25-19-18-22(21-27)23-16-13-14-17-24(23)25/h13-14,16-19H,2-12,15,20-21H2,1H3. The molecule has 0 unspecified atom stereocenters. The Balaban J connectivity index is 1.58. The highest BCUT2D eigenvalue weighted by atomic mass is 79.9. The first kappa shape index (κ1) is 23.9. The maximum absolute atomic E-state index is 12.5. The molecule has 2 rings (SSSR count). The number of hydrogen-bond donors (Lipinski definition) is 0. The third kappa shape index (κ3) is 8.50. The van der Waals surface area contributed by atoms with Crippen LogP contribution >= 0.6 is 15.9 Å². The Kier molecular flexibility index (Phi) is 12.0. The van der Waals surface area contributed by atoms with Crippen molar-refractivity contribution in [1.82, 2.24) is 0 Å². The van der Waals surface area contributed by atoms with E-state index in [9.17, 15) is 4.79 Å². The van der Waals surface area contributed by atoms with Gasteiger partial charge in [0.25, 0.3) is 0 Å². The first-order valence-electron chi connectivity index (χ1n) is 11.5. The van der Waals surface area contributed by atoms with Crippen molar-refractivity contribution in [3.8, 4) is 0 Å². The van der Waals surface area contributed by atoms with E-state index in [1.54, 1.807) is 0 Å². The Morgan fingerprint density at radius 3 is 1.90 bits per heavy atom. The fraction of sp³-hybridized carbons (Fsp3) is 0.577. The maximum Gasteiger partial charge on any atom is 0.338 e. The van der Waals surface area contributed by atoms with Crippen LogP contribution < -0.4 is 0 Å². The number of benzene rings is 2. The van der Waals surface area contributed by atoms with Gasteiger partial charge in [0, 0.05) is 5.33 Å². The fourth-order valence-electron chi connectivity index (χ4n) is 3.84. The summed E-state index contributed by atoms with van der Waals surface area (Å²) in [5.74, 6) is -0.203. The molecule has 0 saturated carbocycles. The minimum absolute atomic E-state index is 0.203. The molecular formula is C26H37BrO2. The zero-order valence-electron chi connectivity index (χ0n) is 18.1. The number of fused-ring (bicyclic) bond motifs is 1. The van der Waals surface area contributed by atoms with E-state index in [2.05, 4.69) is 28.9 Å². The van der Waals surface area contributed by atoms with Crippen molar-refractivity contribution < 1.29 is 9.53 Å². The Morgan fingerprint density at radius 2 is 1.31 bits per heavy atom. The van der Waals surface area contributed by atoms with Gasteiger partial charge in [0.15, 0.2) is 0 Å². The SMILES string of the molecule is CCCCCCCCCCCCCCOC(=O)c1ccc(CBr)c2ccccc12. The largest absolute Gasteiger partial charge is 0.462 e. The highest BCUT2D eigenvalue weighted by Crippen LogP contribution is 2.25. The normalized spacial score (nSPS) is 11.1. The smallest absolute Gasteiger partial charge is 0.338 e. The second-order valence-electron chi connectivity index (χ2n) is 7.98. The minimum Gasteiger partial charge on any atom is -0.462 e. The Labute approximate surface area is 185 Å². The molecule has 0 aliphatic rings. The Hall–Kier alpha value is -1.35. The average Bonchev–Trinajstić information content (AvgIpc) is 2.76. The number of carbonyl (C=O) groups is 1. The van der Waals surface area contributed by atoms with Crippen LogP contribution in [-0.2, 0) is 10.1 Å². The Bertz CT molecular complexity index is 726. The van der Waals surface area contributed by atoms with Crippen molar-refractivity contribution >= 4 is 32.7 Å². The number of carbonyl (C=O) groups excluding carboxylic acids is 1. The summed E-state index contributed by atoms with van der Waals surface area (Å²) in [5, 5.41) is 2.87. The molecule has 2 aromatic rings. The number of rotatable bonds is 15. The van der Waals surface area contributed by atoms with Crippen molar-refractivity contribution in [3.05, 3.63) is 47.5 Å². The number of alkyl halides is 1. The monoisotopic (exact) mass is 460 g/mol. The van der Waals surface area contributed by atoms with E-state index >= 15 is 0 Å². The second kappa shape index (κ2) is 14.6. The predicted molar refractivity (Wildman–Crippen MR) is 128 cm³/mol. The van der Waals surface area contributed by atoms with E-state index in [1.165, 1.54) is 69.8 Å². The van der Waals surface area contributed by atoms with E-state index in [0.29, 0.717) is 12.2 Å². The van der Waals surface area contributed by atoms with Crippen LogP contribution in [0.2, 0.25) is 0 Å². The quantitative estimate of drug-likeness (QED) is 0.151. The average molecular weight is 461 g/mol. The van der Waals surface area contributed by atoms with Gasteiger partial charge in [0.05, 0.1) is 12.2 Å². The molecule has 29 heavy (non-hydrogen) atoms.